The van der Waals surface area contributed by atoms with Gasteiger partial charge in [0.15, 0.2) is 0 Å². The average Bonchev–Trinajstić information content (AvgIpc) is 2.89. The third kappa shape index (κ3) is 7.51. The van der Waals surface area contributed by atoms with Gasteiger partial charge in [-0.25, -0.2) is 9.59 Å². The molecule has 2 aromatic carbocycles. The Bertz CT molecular complexity index is 1060. The van der Waals surface area contributed by atoms with Gasteiger partial charge < -0.3 is 19.9 Å². The van der Waals surface area contributed by atoms with Crippen molar-refractivity contribution in [3.63, 3.8) is 0 Å². The molecule has 2 aromatic rings. The minimum atomic E-state index is -1.11. The van der Waals surface area contributed by atoms with Crippen molar-refractivity contribution in [3.05, 3.63) is 53.8 Å². The van der Waals surface area contributed by atoms with Crippen LogP contribution >= 0.6 is 0 Å². The van der Waals surface area contributed by atoms with Gasteiger partial charge in [-0.15, -0.1) is 0 Å². The van der Waals surface area contributed by atoms with Gasteiger partial charge in [-0.05, 0) is 61.6 Å². The van der Waals surface area contributed by atoms with Crippen molar-refractivity contribution in [3.8, 4) is 16.9 Å². The number of urea groups is 1. The molecular weight excluding hydrogens is 456 g/mol. The molecule has 0 unspecified atom stereocenters. The van der Waals surface area contributed by atoms with Crippen LogP contribution in [0, 0.1) is 0 Å². The van der Waals surface area contributed by atoms with Crippen LogP contribution in [0.5, 0.6) is 5.75 Å². The van der Waals surface area contributed by atoms with Crippen molar-refractivity contribution in [2.45, 2.75) is 64.8 Å². The molecule has 194 valence electrons. The van der Waals surface area contributed by atoms with Gasteiger partial charge in [0.25, 0.3) is 0 Å². The van der Waals surface area contributed by atoms with E-state index in [1.807, 2.05) is 42.5 Å². The summed E-state index contributed by atoms with van der Waals surface area (Å²) >= 11 is 0. The lowest BCUT2D eigenvalue weighted by Crippen LogP contribution is -2.43. The number of aliphatic carboxylic acids is 1. The summed E-state index contributed by atoms with van der Waals surface area (Å²) in [6.45, 7) is 4.67. The third-order valence-corrected chi connectivity index (χ3v) is 6.35. The highest BCUT2D eigenvalue weighted by Gasteiger charge is 2.19. The molecule has 0 radical (unpaired) electrons. The topological polar surface area (TPSA) is 88.1 Å². The van der Waals surface area contributed by atoms with Crippen molar-refractivity contribution < 1.29 is 24.2 Å². The average molecular weight is 495 g/mol. The first-order valence-corrected chi connectivity index (χ1v) is 12.9. The van der Waals surface area contributed by atoms with Crippen LogP contribution in [0.4, 0.5) is 10.5 Å². The quantitative estimate of drug-likeness (QED) is 0.212. The van der Waals surface area contributed by atoms with E-state index in [1.54, 1.807) is 18.9 Å². The maximum atomic E-state index is 12.9. The van der Waals surface area contributed by atoms with E-state index in [1.165, 1.54) is 12.5 Å². The summed E-state index contributed by atoms with van der Waals surface area (Å²) in [5, 5.41) is 12.6. The van der Waals surface area contributed by atoms with Crippen LogP contribution in [0.25, 0.3) is 17.2 Å². The smallest absolute Gasteiger partial charge is 0.371 e. The number of nitrogens with one attached hydrogen (secondary N) is 1. The highest BCUT2D eigenvalue weighted by atomic mass is 16.5. The molecule has 0 bridgehead atoms. The number of amides is 2. The minimum absolute atomic E-state index is 0.101. The first kappa shape index (κ1) is 27.1. The van der Waals surface area contributed by atoms with E-state index < -0.39 is 5.97 Å². The predicted molar refractivity (Wildman–Crippen MR) is 143 cm³/mol. The zero-order valence-electron chi connectivity index (χ0n) is 21.6. The van der Waals surface area contributed by atoms with E-state index >= 15 is 0 Å². The third-order valence-electron chi connectivity index (χ3n) is 6.35. The molecular formula is C29H38N2O5. The van der Waals surface area contributed by atoms with Crippen LogP contribution < -0.4 is 15.0 Å². The lowest BCUT2D eigenvalue weighted by molar-refractivity contribution is -0.136. The van der Waals surface area contributed by atoms with E-state index in [-0.39, 0.29) is 24.4 Å². The van der Waals surface area contributed by atoms with Crippen LogP contribution in [-0.4, -0.2) is 43.4 Å². The summed E-state index contributed by atoms with van der Waals surface area (Å²) in [7, 11) is 1.78. The molecule has 1 aliphatic carbocycles. The van der Waals surface area contributed by atoms with E-state index in [9.17, 15) is 14.7 Å². The first-order chi connectivity index (χ1) is 17.4. The Labute approximate surface area is 214 Å². The Hall–Kier alpha value is -3.48. The normalized spacial score (nSPS) is 14.2. The zero-order valence-corrected chi connectivity index (χ0v) is 21.6. The molecule has 2 amide bonds. The van der Waals surface area contributed by atoms with E-state index in [4.69, 9.17) is 9.47 Å². The molecule has 7 heteroatoms. The molecule has 0 spiro atoms. The summed E-state index contributed by atoms with van der Waals surface area (Å²) in [5.74, 6) is -0.570. The van der Waals surface area contributed by atoms with Crippen LogP contribution in [0.3, 0.4) is 0 Å². The fourth-order valence-corrected chi connectivity index (χ4v) is 4.30. The van der Waals surface area contributed by atoms with Crippen LogP contribution in [-0.2, 0) is 9.53 Å². The van der Waals surface area contributed by atoms with Crippen LogP contribution in [0.15, 0.2) is 48.2 Å². The van der Waals surface area contributed by atoms with Crippen LogP contribution in [0.1, 0.15) is 64.4 Å². The van der Waals surface area contributed by atoms with Crippen molar-refractivity contribution in [2.24, 2.45) is 0 Å². The molecule has 7 nitrogen and oxygen atoms in total. The minimum Gasteiger partial charge on any atom is -0.493 e. The van der Waals surface area contributed by atoms with Gasteiger partial charge in [0.1, 0.15) is 5.75 Å². The molecule has 0 heterocycles. The molecule has 0 aliphatic heterocycles. The maximum absolute atomic E-state index is 12.9. The van der Waals surface area contributed by atoms with E-state index in [0.717, 1.165) is 55.3 Å². The van der Waals surface area contributed by atoms with Gasteiger partial charge in [-0.3, -0.25) is 4.90 Å². The second kappa shape index (κ2) is 13.6. The number of anilines is 1. The summed E-state index contributed by atoms with van der Waals surface area (Å²) in [6, 6.07) is 13.5. The van der Waals surface area contributed by atoms with Gasteiger partial charge in [0.05, 0.1) is 13.2 Å². The van der Waals surface area contributed by atoms with Gasteiger partial charge in [0.2, 0.25) is 5.76 Å². The largest absolute Gasteiger partial charge is 0.493 e. The lowest BCUT2D eigenvalue weighted by atomic mass is 9.96. The van der Waals surface area contributed by atoms with Gasteiger partial charge >= 0.3 is 12.0 Å². The van der Waals surface area contributed by atoms with E-state index in [0.29, 0.717) is 17.9 Å². The molecule has 0 saturated heterocycles. The molecule has 2 N–H and O–H groups in total. The Morgan fingerprint density at radius 1 is 1.11 bits per heavy atom. The Morgan fingerprint density at radius 3 is 2.58 bits per heavy atom. The molecule has 1 aliphatic rings. The second-order valence-electron chi connectivity index (χ2n) is 9.10. The number of carbonyl (C=O) groups is 2. The number of unbranched alkanes of at least 4 members (excludes halogenated alkanes) is 1. The molecule has 0 atom stereocenters. The molecule has 1 saturated carbocycles. The van der Waals surface area contributed by atoms with Gasteiger partial charge in [0, 0.05) is 24.3 Å². The first-order valence-electron chi connectivity index (χ1n) is 12.9. The fraction of sp³-hybridized carbons (Fsp3) is 0.448. The number of carbonyl (C=O) groups excluding carboxylic acids is 1. The molecule has 36 heavy (non-hydrogen) atoms. The van der Waals surface area contributed by atoms with Crippen molar-refractivity contribution in [1.29, 1.82) is 0 Å². The zero-order chi connectivity index (χ0) is 25.9. The number of benzene rings is 2. The number of carboxylic acid groups (broad SMARTS) is 1. The van der Waals surface area contributed by atoms with E-state index in [2.05, 4.69) is 12.2 Å². The number of rotatable bonds is 11. The number of nitrogens with zero attached hydrogens (tertiary/aromatic N) is 1. The summed E-state index contributed by atoms with van der Waals surface area (Å²) in [5.41, 5.74) is 3.25. The fourth-order valence-electron chi connectivity index (χ4n) is 4.30. The number of carboxylic acids is 1. The highest BCUT2D eigenvalue weighted by molar-refractivity contribution is 5.93. The van der Waals surface area contributed by atoms with Crippen LogP contribution in [0.2, 0.25) is 0 Å². The lowest BCUT2D eigenvalue weighted by Gasteiger charge is -2.26. The predicted octanol–water partition coefficient (Wildman–Crippen LogP) is 6.47. The standard InChI is InChI=1S/C29H38N2O5/c1-4-6-17-36-26-18-21(19-27(28(32)33)35-5-2)15-16-25(26)22-11-10-14-24(20-22)31(3)29(34)30-23-12-8-7-9-13-23/h10-11,14-16,18-20,23H,4-9,12-13,17H2,1-3H3,(H,30,34)(H,32,33)/b27-19-. The van der Waals surface area contributed by atoms with Crippen molar-refractivity contribution in [1.82, 2.24) is 5.32 Å². The second-order valence-corrected chi connectivity index (χ2v) is 9.10. The summed E-state index contributed by atoms with van der Waals surface area (Å²) in [4.78, 5) is 26.0. The maximum Gasteiger partial charge on any atom is 0.371 e. The molecule has 0 aromatic heterocycles. The number of ether oxygens (including phenoxy) is 2. The number of hydrogen-bond acceptors (Lipinski definition) is 4. The summed E-state index contributed by atoms with van der Waals surface area (Å²) < 4.78 is 11.4. The van der Waals surface area contributed by atoms with Gasteiger partial charge in [-0.1, -0.05) is 56.9 Å². The highest BCUT2D eigenvalue weighted by Crippen LogP contribution is 2.34. The molecule has 3 rings (SSSR count). The Kier molecular flexibility index (Phi) is 10.2. The SMILES string of the molecule is CCCCOc1cc(/C=C(\OCC)C(=O)O)ccc1-c1cccc(N(C)C(=O)NC2CCCCC2)c1. The van der Waals surface area contributed by atoms with Crippen molar-refractivity contribution in [2.75, 3.05) is 25.2 Å². The Morgan fingerprint density at radius 2 is 1.89 bits per heavy atom. The number of hydrogen-bond donors (Lipinski definition) is 2. The monoisotopic (exact) mass is 494 g/mol. The van der Waals surface area contributed by atoms with Crippen molar-refractivity contribution >= 4 is 23.8 Å². The summed E-state index contributed by atoms with van der Waals surface area (Å²) in [6.07, 6.45) is 9.04. The van der Waals surface area contributed by atoms with Gasteiger partial charge in [-0.2, -0.15) is 0 Å². The molecule has 1 fully saturated rings. The Balaban J connectivity index is 1.88.